The van der Waals surface area contributed by atoms with Crippen LogP contribution in [0.1, 0.15) is 26.3 Å². The number of rotatable bonds is 8. The van der Waals surface area contributed by atoms with Crippen LogP contribution in [0.4, 0.5) is 5.69 Å². The van der Waals surface area contributed by atoms with Crippen molar-refractivity contribution in [3.8, 4) is 0 Å². The molecule has 0 radical (unpaired) electrons. The zero-order valence-corrected chi connectivity index (χ0v) is 13.1. The van der Waals surface area contributed by atoms with Gasteiger partial charge >= 0.3 is 0 Å². The Morgan fingerprint density at radius 1 is 1.37 bits per heavy atom. The molecule has 0 aliphatic carbocycles. The van der Waals surface area contributed by atoms with Gasteiger partial charge in [-0.1, -0.05) is 24.6 Å². The Balaban J connectivity index is 2.56. The van der Waals surface area contributed by atoms with Crippen molar-refractivity contribution in [2.75, 3.05) is 31.6 Å². The fraction of sp³-hybridized carbons (Fsp3) is 0.600. The highest BCUT2D eigenvalue weighted by molar-refractivity contribution is 6.31. The third-order valence-electron chi connectivity index (χ3n) is 2.92. The standard InChI is InChI=1S/C15H25ClN2O/c1-5-17-11-13-6-7-14(10-15(13)16)18(4)8-9-19-12(2)3/h6-7,10,12,17H,5,8-9,11H2,1-4H3. The minimum atomic E-state index is 0.277. The molecule has 1 aromatic rings. The zero-order chi connectivity index (χ0) is 14.3. The van der Waals surface area contributed by atoms with Gasteiger partial charge in [-0.25, -0.2) is 0 Å². The van der Waals surface area contributed by atoms with E-state index in [0.717, 1.165) is 42.5 Å². The average Bonchev–Trinajstić information content (AvgIpc) is 2.36. The van der Waals surface area contributed by atoms with Crippen LogP contribution in [0.25, 0.3) is 0 Å². The SMILES string of the molecule is CCNCc1ccc(N(C)CCOC(C)C)cc1Cl. The van der Waals surface area contributed by atoms with Crippen LogP contribution in [0.5, 0.6) is 0 Å². The molecular weight excluding hydrogens is 260 g/mol. The lowest BCUT2D eigenvalue weighted by Gasteiger charge is -2.21. The van der Waals surface area contributed by atoms with Crippen molar-refractivity contribution >= 4 is 17.3 Å². The van der Waals surface area contributed by atoms with Gasteiger partial charge in [0.15, 0.2) is 0 Å². The normalized spacial score (nSPS) is 11.1. The first kappa shape index (κ1) is 16.3. The van der Waals surface area contributed by atoms with Gasteiger partial charge in [-0.3, -0.25) is 0 Å². The summed E-state index contributed by atoms with van der Waals surface area (Å²) in [6, 6.07) is 6.21. The number of hydrogen-bond donors (Lipinski definition) is 1. The molecule has 0 unspecified atom stereocenters. The average molecular weight is 285 g/mol. The Labute approximate surface area is 121 Å². The summed E-state index contributed by atoms with van der Waals surface area (Å²) in [7, 11) is 2.05. The molecule has 0 saturated heterocycles. The molecule has 1 aromatic carbocycles. The first-order chi connectivity index (χ1) is 9.04. The number of hydrogen-bond acceptors (Lipinski definition) is 3. The van der Waals surface area contributed by atoms with Gasteiger partial charge in [-0.05, 0) is 38.1 Å². The highest BCUT2D eigenvalue weighted by Crippen LogP contribution is 2.23. The topological polar surface area (TPSA) is 24.5 Å². The number of nitrogens with zero attached hydrogens (tertiary/aromatic N) is 1. The van der Waals surface area contributed by atoms with Gasteiger partial charge in [-0.2, -0.15) is 0 Å². The highest BCUT2D eigenvalue weighted by atomic mass is 35.5. The van der Waals surface area contributed by atoms with Crippen LogP contribution in [-0.2, 0) is 11.3 Å². The van der Waals surface area contributed by atoms with Crippen molar-refractivity contribution in [2.45, 2.75) is 33.4 Å². The summed E-state index contributed by atoms with van der Waals surface area (Å²) in [6.07, 6.45) is 0.277. The summed E-state index contributed by atoms with van der Waals surface area (Å²) in [5, 5.41) is 4.10. The van der Waals surface area contributed by atoms with Crippen LogP contribution in [0, 0.1) is 0 Å². The van der Waals surface area contributed by atoms with E-state index in [9.17, 15) is 0 Å². The van der Waals surface area contributed by atoms with Gasteiger partial charge < -0.3 is 15.0 Å². The van der Waals surface area contributed by atoms with Crippen LogP contribution in [-0.4, -0.2) is 32.8 Å². The summed E-state index contributed by atoms with van der Waals surface area (Å²) >= 11 is 6.30. The predicted octanol–water partition coefficient (Wildman–Crippen LogP) is 3.31. The van der Waals surface area contributed by atoms with Crippen LogP contribution in [0.15, 0.2) is 18.2 Å². The third-order valence-corrected chi connectivity index (χ3v) is 3.27. The Kier molecular flexibility index (Phi) is 7.21. The maximum Gasteiger partial charge on any atom is 0.0644 e. The second-order valence-corrected chi connectivity index (χ2v) is 5.30. The largest absolute Gasteiger partial charge is 0.377 e. The Hall–Kier alpha value is -0.770. The van der Waals surface area contributed by atoms with Gasteiger partial charge in [0.25, 0.3) is 0 Å². The van der Waals surface area contributed by atoms with E-state index in [1.165, 1.54) is 0 Å². The molecule has 0 aromatic heterocycles. The van der Waals surface area contributed by atoms with E-state index in [1.54, 1.807) is 0 Å². The van der Waals surface area contributed by atoms with E-state index in [4.69, 9.17) is 16.3 Å². The van der Waals surface area contributed by atoms with E-state index in [-0.39, 0.29) is 6.10 Å². The van der Waals surface area contributed by atoms with Crippen molar-refractivity contribution in [2.24, 2.45) is 0 Å². The second kappa shape index (κ2) is 8.41. The fourth-order valence-corrected chi connectivity index (χ4v) is 1.97. The lowest BCUT2D eigenvalue weighted by atomic mass is 10.2. The first-order valence-electron chi connectivity index (χ1n) is 6.86. The Morgan fingerprint density at radius 2 is 2.11 bits per heavy atom. The van der Waals surface area contributed by atoms with Crippen LogP contribution >= 0.6 is 11.6 Å². The summed E-state index contributed by atoms with van der Waals surface area (Å²) in [5.41, 5.74) is 2.26. The number of nitrogens with one attached hydrogen (secondary N) is 1. The number of benzene rings is 1. The molecule has 0 spiro atoms. The molecule has 0 bridgehead atoms. The lowest BCUT2D eigenvalue weighted by molar-refractivity contribution is 0.0846. The van der Waals surface area contributed by atoms with Gasteiger partial charge in [0, 0.05) is 30.8 Å². The van der Waals surface area contributed by atoms with E-state index < -0.39 is 0 Å². The van der Waals surface area contributed by atoms with E-state index in [0.29, 0.717) is 0 Å². The summed E-state index contributed by atoms with van der Waals surface area (Å²) < 4.78 is 5.56. The number of halogens is 1. The molecule has 1 N–H and O–H groups in total. The van der Waals surface area contributed by atoms with E-state index in [2.05, 4.69) is 36.3 Å². The van der Waals surface area contributed by atoms with Gasteiger partial charge in [-0.15, -0.1) is 0 Å². The molecule has 19 heavy (non-hydrogen) atoms. The molecule has 3 nitrogen and oxygen atoms in total. The summed E-state index contributed by atoms with van der Waals surface area (Å²) in [5.74, 6) is 0. The second-order valence-electron chi connectivity index (χ2n) is 4.90. The zero-order valence-electron chi connectivity index (χ0n) is 12.4. The Morgan fingerprint density at radius 3 is 2.68 bits per heavy atom. The fourth-order valence-electron chi connectivity index (χ4n) is 1.73. The van der Waals surface area contributed by atoms with Gasteiger partial charge in [0.1, 0.15) is 0 Å². The molecule has 108 valence electrons. The van der Waals surface area contributed by atoms with Gasteiger partial charge in [0.05, 0.1) is 12.7 Å². The molecule has 0 heterocycles. The predicted molar refractivity (Wildman–Crippen MR) is 83.2 cm³/mol. The van der Waals surface area contributed by atoms with E-state index >= 15 is 0 Å². The molecule has 0 aliphatic rings. The monoisotopic (exact) mass is 284 g/mol. The highest BCUT2D eigenvalue weighted by Gasteiger charge is 2.05. The molecule has 0 atom stereocenters. The number of anilines is 1. The molecule has 0 saturated carbocycles. The molecule has 0 fully saturated rings. The van der Waals surface area contributed by atoms with E-state index in [1.807, 2.05) is 19.9 Å². The van der Waals surface area contributed by atoms with Crippen LogP contribution < -0.4 is 10.2 Å². The van der Waals surface area contributed by atoms with Crippen molar-refractivity contribution in [3.05, 3.63) is 28.8 Å². The minimum Gasteiger partial charge on any atom is -0.377 e. The van der Waals surface area contributed by atoms with Crippen LogP contribution in [0.2, 0.25) is 5.02 Å². The third kappa shape index (κ3) is 5.81. The van der Waals surface area contributed by atoms with Crippen molar-refractivity contribution < 1.29 is 4.74 Å². The van der Waals surface area contributed by atoms with Crippen LogP contribution in [0.3, 0.4) is 0 Å². The number of ether oxygens (including phenoxy) is 1. The van der Waals surface area contributed by atoms with Gasteiger partial charge in [0.2, 0.25) is 0 Å². The number of likely N-dealkylation sites (N-methyl/N-ethyl adjacent to an activating group) is 1. The first-order valence-corrected chi connectivity index (χ1v) is 7.24. The van der Waals surface area contributed by atoms with Crippen molar-refractivity contribution in [1.82, 2.24) is 5.32 Å². The molecule has 1 rings (SSSR count). The summed E-state index contributed by atoms with van der Waals surface area (Å²) in [6.45, 7) is 9.54. The maximum atomic E-state index is 6.30. The smallest absolute Gasteiger partial charge is 0.0644 e. The Bertz CT molecular complexity index is 382. The molecule has 0 aliphatic heterocycles. The van der Waals surface area contributed by atoms with Crippen molar-refractivity contribution in [1.29, 1.82) is 0 Å². The quantitative estimate of drug-likeness (QED) is 0.793. The minimum absolute atomic E-state index is 0.277. The van der Waals surface area contributed by atoms with Crippen molar-refractivity contribution in [3.63, 3.8) is 0 Å². The molecule has 4 heteroatoms. The maximum absolute atomic E-state index is 6.30. The summed E-state index contributed by atoms with van der Waals surface area (Å²) in [4.78, 5) is 2.16. The molecular formula is C15H25ClN2O. The molecule has 0 amide bonds. The lowest BCUT2D eigenvalue weighted by Crippen LogP contribution is -2.24.